The highest BCUT2D eigenvalue weighted by molar-refractivity contribution is 5.93. The molecular formula is C69H66O3. The monoisotopic (exact) mass is 943 g/mol. The molecule has 6 rings (SSSR count). The molecule has 0 aromatic rings. The van der Waals surface area contributed by atoms with Crippen LogP contribution in [0.3, 0.4) is 0 Å². The number of fused-ring (bicyclic) bond motifs is 6. The summed E-state index contributed by atoms with van der Waals surface area (Å²) in [6, 6.07) is 0. The van der Waals surface area contributed by atoms with Crippen molar-refractivity contribution in [3.8, 4) is 0 Å². The number of carbonyl (C=O) groups is 2. The Hall–Kier alpha value is -8.10. The molecule has 1 heterocycles. The van der Waals surface area contributed by atoms with E-state index in [9.17, 15) is 9.59 Å². The average molecular weight is 943 g/mol. The normalized spacial score (nSPS) is 24.9. The molecule has 6 aliphatic rings. The number of hydrogen-bond acceptors (Lipinski definition) is 3. The third-order valence-corrected chi connectivity index (χ3v) is 14.3. The van der Waals surface area contributed by atoms with Gasteiger partial charge in [0.2, 0.25) is 0 Å². The lowest BCUT2D eigenvalue weighted by atomic mass is 9.44. The van der Waals surface area contributed by atoms with Gasteiger partial charge in [0.1, 0.15) is 5.60 Å². The highest BCUT2D eigenvalue weighted by atomic mass is 16.6. The van der Waals surface area contributed by atoms with E-state index in [1.54, 1.807) is 6.08 Å². The fraction of sp³-hybridized carbons (Fsp3) is 0.435. The molecule has 360 valence electrons. The maximum Gasteiger partial charge on any atom is 0.306 e. The van der Waals surface area contributed by atoms with Crippen LogP contribution in [-0.4, -0.2) is 17.4 Å². The third kappa shape index (κ3) is 16.5. The molecule has 0 aromatic carbocycles. The molecule has 0 amide bonds. The highest BCUT2D eigenvalue weighted by Crippen LogP contribution is 2.72. The Bertz CT molecular complexity index is 3330. The summed E-state index contributed by atoms with van der Waals surface area (Å²) < 4.78 is 6.28. The van der Waals surface area contributed by atoms with Crippen molar-refractivity contribution in [2.75, 3.05) is 0 Å². The quantitative estimate of drug-likeness (QED) is 0.208. The van der Waals surface area contributed by atoms with Crippen molar-refractivity contribution in [1.29, 1.82) is 0 Å². The van der Waals surface area contributed by atoms with Crippen LogP contribution in [0, 0.1) is 46.3 Å². The van der Waals surface area contributed by atoms with Gasteiger partial charge in [0.15, 0.2) is 5.78 Å². The second kappa shape index (κ2) is 29.8. The fourth-order valence-corrected chi connectivity index (χ4v) is 9.73. The number of esters is 1. The van der Waals surface area contributed by atoms with E-state index >= 15 is 0 Å². The van der Waals surface area contributed by atoms with Crippen LogP contribution in [0.4, 0.5) is 0 Å². The Morgan fingerprint density at radius 1 is 0.694 bits per heavy atom. The van der Waals surface area contributed by atoms with E-state index < -0.39 is 11.0 Å². The van der Waals surface area contributed by atoms with E-state index in [0.717, 1.165) is 53.7 Å². The molecule has 5 fully saturated rings. The third-order valence-electron chi connectivity index (χ3n) is 14.3. The predicted octanol–water partition coefficient (Wildman–Crippen LogP) is 15.7. The molecule has 3 nitrogen and oxygen atoms in total. The number of rotatable bonds is 4. The summed E-state index contributed by atoms with van der Waals surface area (Å²) in [5.74, 6) is 2.72. The maximum atomic E-state index is 12.9. The smallest absolute Gasteiger partial charge is 0.306 e. The molecule has 1 spiro atoms. The van der Waals surface area contributed by atoms with E-state index in [0.29, 0.717) is 37.7 Å². The van der Waals surface area contributed by atoms with Crippen molar-refractivity contribution in [1.82, 2.24) is 0 Å². The summed E-state index contributed by atoms with van der Waals surface area (Å²) in [5, 5.41) is 0. The predicted molar refractivity (Wildman–Crippen MR) is 286 cm³/mol. The van der Waals surface area contributed by atoms with Crippen molar-refractivity contribution < 1.29 is 14.3 Å². The second-order valence-corrected chi connectivity index (χ2v) is 19.4. The first-order chi connectivity index (χ1) is 34.6. The van der Waals surface area contributed by atoms with Crippen LogP contribution in [-0.2, 0) is 14.3 Å². The van der Waals surface area contributed by atoms with Crippen molar-refractivity contribution in [3.05, 3.63) is 215 Å². The standard InChI is InChI=1S/C47H30O3.C12H14.C5H10.C5H12/c1-6-9-12-14-15-16-17-18-19-20-21-23-25-36-35-47(33-30-42(49)50-47)46(5)32-29-40-43(44(36)46)39(27-24-13-10-7-2)38(26-22-11-8-3)41-34-37(48)28-31-45(40,41)4;1-4-6-8-9-11-12(3)10-7-5-2;1-4-3-5(4)2;1-4-5(2)3/h34,40,43-44H,1-3,28-33,35H2,4-5H3;1,5,7,10H2,2-3H3;4-5H,3H2,1-2H3;5H,4H2,1-3H3/t40?,43?,44-,45?,46?,47?;;;/m0.../s1. The zero-order chi connectivity index (χ0) is 53.0. The van der Waals surface area contributed by atoms with Gasteiger partial charge < -0.3 is 4.74 Å². The number of ketones is 1. The summed E-state index contributed by atoms with van der Waals surface area (Å²) in [4.78, 5) is 25.7. The molecule has 7 unspecified atom stereocenters. The molecule has 0 bridgehead atoms. The molecule has 4 saturated carbocycles. The maximum absolute atomic E-state index is 12.9. The molecule has 8 atom stereocenters. The number of ether oxygens (including phenoxy) is 1. The van der Waals surface area contributed by atoms with Gasteiger partial charge in [-0.1, -0.05) is 114 Å². The van der Waals surface area contributed by atoms with E-state index in [4.69, 9.17) is 4.74 Å². The Morgan fingerprint density at radius 2 is 1.19 bits per heavy atom. The van der Waals surface area contributed by atoms with Gasteiger partial charge in [-0.15, -0.1) is 0 Å². The summed E-state index contributed by atoms with van der Waals surface area (Å²) in [5.41, 5.74) is 77.6. The van der Waals surface area contributed by atoms with Crippen LogP contribution in [0.2, 0.25) is 0 Å². The molecule has 5 aliphatic carbocycles. The fourth-order valence-electron chi connectivity index (χ4n) is 9.73. The molecule has 0 radical (unpaired) electrons. The Balaban J connectivity index is 0.000000513. The molecule has 1 saturated heterocycles. The van der Waals surface area contributed by atoms with Crippen LogP contribution < -0.4 is 0 Å². The minimum atomic E-state index is -0.692. The van der Waals surface area contributed by atoms with Gasteiger partial charge in [0, 0.05) is 47.7 Å². The summed E-state index contributed by atoms with van der Waals surface area (Å²) in [6.45, 7) is 33.8. The van der Waals surface area contributed by atoms with E-state index in [2.05, 4.69) is 236 Å². The molecule has 1 aliphatic heterocycles. The van der Waals surface area contributed by atoms with Crippen LogP contribution in [0.5, 0.6) is 0 Å². The van der Waals surface area contributed by atoms with Crippen LogP contribution in [0.15, 0.2) is 215 Å². The van der Waals surface area contributed by atoms with Crippen molar-refractivity contribution in [3.63, 3.8) is 0 Å². The number of allylic oxidation sites excluding steroid dienone is 4. The van der Waals surface area contributed by atoms with Crippen LogP contribution in [0.25, 0.3) is 0 Å². The minimum Gasteiger partial charge on any atom is -0.458 e. The zero-order valence-corrected chi connectivity index (χ0v) is 44.1. The minimum absolute atomic E-state index is 0.0699. The van der Waals surface area contributed by atoms with Gasteiger partial charge in [-0.3, -0.25) is 9.59 Å². The Morgan fingerprint density at radius 3 is 1.71 bits per heavy atom. The van der Waals surface area contributed by atoms with Gasteiger partial charge in [-0.25, -0.2) is 0 Å². The first-order valence-corrected chi connectivity index (χ1v) is 24.9. The Labute approximate surface area is 430 Å². The molecule has 0 aromatic heterocycles. The topological polar surface area (TPSA) is 43.4 Å². The molecule has 72 heavy (non-hydrogen) atoms. The van der Waals surface area contributed by atoms with E-state index in [-0.39, 0.29) is 34.9 Å². The largest absolute Gasteiger partial charge is 0.458 e. The van der Waals surface area contributed by atoms with E-state index in [1.807, 2.05) is 6.92 Å². The highest BCUT2D eigenvalue weighted by Gasteiger charge is 2.70. The molecule has 3 heteroatoms. The van der Waals surface area contributed by atoms with E-state index in [1.165, 1.54) is 31.3 Å². The number of hydrogen-bond donors (Lipinski definition) is 0. The zero-order valence-electron chi connectivity index (χ0n) is 44.1. The van der Waals surface area contributed by atoms with Gasteiger partial charge >= 0.3 is 5.97 Å². The average Bonchev–Trinajstić information content (AvgIpc) is 3.75. The lowest BCUT2D eigenvalue weighted by Crippen LogP contribution is -2.55. The Kier molecular flexibility index (Phi) is 24.1. The first kappa shape index (κ1) is 58.2. The summed E-state index contributed by atoms with van der Waals surface area (Å²) in [7, 11) is 0. The lowest BCUT2D eigenvalue weighted by molar-refractivity contribution is -0.165. The van der Waals surface area contributed by atoms with Crippen molar-refractivity contribution >= 4 is 11.8 Å². The number of unbranched alkanes of at least 4 members (excludes halogenated alkanes) is 1. The van der Waals surface area contributed by atoms with Crippen molar-refractivity contribution in [2.24, 2.45) is 46.3 Å². The number of carbonyl (C=O) groups excluding carboxylic acids is 2. The van der Waals surface area contributed by atoms with Gasteiger partial charge in [-0.2, -0.15) is 0 Å². The molecule has 0 N–H and O–H groups in total. The summed E-state index contributed by atoms with van der Waals surface area (Å²) in [6.07, 6.45) is 12.4. The first-order valence-electron chi connectivity index (χ1n) is 24.9. The van der Waals surface area contributed by atoms with Crippen molar-refractivity contribution in [2.45, 2.75) is 145 Å². The SMILES string of the molecule is C=C=C=C=C=C=C(C)CCCC.C=C=C=C=C=C=C=C=C=C=C=C=C=C=C1CC2(CCC(=O)O2)C2(C)CCC3C(C(=C=C=C=C=C=C)C(=C=C=C=C=C)C4=CC(=O)CCC43C)[C@H]12.CC1CC1C.CCC(C)C. The van der Waals surface area contributed by atoms with Gasteiger partial charge in [0.05, 0.1) is 0 Å². The second-order valence-electron chi connectivity index (χ2n) is 19.4. The van der Waals surface area contributed by atoms with Crippen LogP contribution in [0.1, 0.15) is 139 Å². The summed E-state index contributed by atoms with van der Waals surface area (Å²) >= 11 is 0. The molecular weight excluding hydrogens is 877 g/mol. The lowest BCUT2D eigenvalue weighted by Gasteiger charge is -2.59. The van der Waals surface area contributed by atoms with Crippen LogP contribution >= 0.6 is 0 Å². The van der Waals surface area contributed by atoms with Gasteiger partial charge in [-0.05, 0) is 239 Å². The van der Waals surface area contributed by atoms with Gasteiger partial charge in [0.25, 0.3) is 0 Å².